The minimum absolute atomic E-state index is 0.0486. The molecule has 0 saturated carbocycles. The number of sulfonamides is 1. The summed E-state index contributed by atoms with van der Waals surface area (Å²) in [5.41, 5.74) is -2.28. The van der Waals surface area contributed by atoms with Gasteiger partial charge in [0.1, 0.15) is 11.4 Å². The Morgan fingerprint density at radius 1 is 1.15 bits per heavy atom. The summed E-state index contributed by atoms with van der Waals surface area (Å²) in [4.78, 5) is 10.3. The molecule has 1 aromatic rings. The second kappa shape index (κ2) is 8.21. The Morgan fingerprint density at radius 3 is 2.31 bits per heavy atom. The zero-order valence-electron chi connectivity index (χ0n) is 14.4. The molecule has 1 rings (SSSR count). The molecule has 1 amide bonds. The van der Waals surface area contributed by atoms with Gasteiger partial charge >= 0.3 is 12.3 Å². The number of ether oxygens (including phenoxy) is 1. The fourth-order valence-electron chi connectivity index (χ4n) is 1.84. The molecule has 0 saturated heterocycles. The van der Waals surface area contributed by atoms with Crippen LogP contribution in [0.15, 0.2) is 23.1 Å². The van der Waals surface area contributed by atoms with Crippen molar-refractivity contribution in [3.05, 3.63) is 29.6 Å². The third-order valence-corrected chi connectivity index (χ3v) is 4.37. The highest BCUT2D eigenvalue weighted by molar-refractivity contribution is 7.89. The molecule has 0 heterocycles. The second-order valence-electron chi connectivity index (χ2n) is 6.32. The molecule has 0 spiro atoms. The van der Waals surface area contributed by atoms with E-state index in [-0.39, 0.29) is 25.6 Å². The molecule has 0 fully saturated rings. The fraction of sp³-hybridized carbons (Fsp3) is 0.533. The minimum atomic E-state index is -5.02. The van der Waals surface area contributed by atoms with Crippen molar-refractivity contribution >= 4 is 16.1 Å². The van der Waals surface area contributed by atoms with Crippen molar-refractivity contribution in [1.29, 1.82) is 0 Å². The number of alkyl carbamates (subject to hydrolysis) is 1. The number of amides is 1. The third-order valence-electron chi connectivity index (χ3n) is 2.85. The van der Waals surface area contributed by atoms with E-state index in [2.05, 4.69) is 5.32 Å². The predicted molar refractivity (Wildman–Crippen MR) is 85.4 cm³/mol. The van der Waals surface area contributed by atoms with E-state index in [1.165, 1.54) is 0 Å². The van der Waals surface area contributed by atoms with Gasteiger partial charge in [-0.2, -0.15) is 13.2 Å². The van der Waals surface area contributed by atoms with Crippen molar-refractivity contribution in [3.63, 3.8) is 0 Å². The van der Waals surface area contributed by atoms with E-state index in [1.54, 1.807) is 20.8 Å². The molecule has 0 aliphatic carbocycles. The van der Waals surface area contributed by atoms with Gasteiger partial charge in [0.15, 0.2) is 0 Å². The molecule has 0 atom stereocenters. The van der Waals surface area contributed by atoms with E-state index in [0.717, 1.165) is 0 Å². The molecule has 0 aromatic heterocycles. The van der Waals surface area contributed by atoms with Crippen LogP contribution in [0.2, 0.25) is 0 Å². The largest absolute Gasteiger partial charge is 0.444 e. The number of nitrogens with one attached hydrogen (secondary N) is 2. The van der Waals surface area contributed by atoms with Gasteiger partial charge in [0.25, 0.3) is 0 Å². The molecule has 1 aromatic carbocycles. The molecule has 0 aliphatic heterocycles. The summed E-state index contributed by atoms with van der Waals surface area (Å²) in [5, 5.41) is 2.38. The van der Waals surface area contributed by atoms with Crippen molar-refractivity contribution in [3.8, 4) is 0 Å². The van der Waals surface area contributed by atoms with Crippen LogP contribution >= 0.6 is 0 Å². The van der Waals surface area contributed by atoms with Crippen LogP contribution in [0.5, 0.6) is 0 Å². The summed E-state index contributed by atoms with van der Waals surface area (Å²) in [6.45, 7) is 4.82. The monoisotopic (exact) mass is 400 g/mol. The Bertz CT molecular complexity index is 743. The van der Waals surface area contributed by atoms with E-state index < -0.39 is 44.2 Å². The lowest BCUT2D eigenvalue weighted by Crippen LogP contribution is -2.34. The van der Waals surface area contributed by atoms with E-state index >= 15 is 0 Å². The van der Waals surface area contributed by atoms with Gasteiger partial charge in [-0.05, 0) is 45.4 Å². The number of carbonyl (C=O) groups excluding carboxylic acids is 1. The molecule has 148 valence electrons. The summed E-state index contributed by atoms with van der Waals surface area (Å²) in [7, 11) is -4.50. The minimum Gasteiger partial charge on any atom is -0.444 e. The van der Waals surface area contributed by atoms with Gasteiger partial charge in [-0.25, -0.2) is 22.3 Å². The van der Waals surface area contributed by atoms with Crippen LogP contribution in [0.3, 0.4) is 0 Å². The van der Waals surface area contributed by atoms with Gasteiger partial charge in [0.2, 0.25) is 10.0 Å². The number of hydrogen-bond donors (Lipinski definition) is 2. The maximum absolute atomic E-state index is 13.0. The van der Waals surface area contributed by atoms with E-state index in [9.17, 15) is 30.8 Å². The summed E-state index contributed by atoms with van der Waals surface area (Å²) in [5.74, 6) is -1.20. The number of benzene rings is 1. The number of halogens is 4. The molecular formula is C15H20F4N2O4S. The first-order chi connectivity index (χ1) is 11.7. The van der Waals surface area contributed by atoms with Gasteiger partial charge < -0.3 is 10.1 Å². The third kappa shape index (κ3) is 7.16. The molecule has 0 unspecified atom stereocenters. The molecule has 26 heavy (non-hydrogen) atoms. The van der Waals surface area contributed by atoms with E-state index in [1.807, 2.05) is 4.72 Å². The van der Waals surface area contributed by atoms with Crippen LogP contribution in [0.4, 0.5) is 22.4 Å². The highest BCUT2D eigenvalue weighted by Gasteiger charge is 2.37. The van der Waals surface area contributed by atoms with Gasteiger partial charge in [-0.1, -0.05) is 0 Å². The number of alkyl halides is 3. The summed E-state index contributed by atoms with van der Waals surface area (Å²) >= 11 is 0. The average molecular weight is 400 g/mol. The van der Waals surface area contributed by atoms with Gasteiger partial charge in [0, 0.05) is 13.1 Å². The Morgan fingerprint density at radius 2 is 1.77 bits per heavy atom. The van der Waals surface area contributed by atoms with Crippen molar-refractivity contribution in [2.75, 3.05) is 13.1 Å². The van der Waals surface area contributed by atoms with Crippen molar-refractivity contribution in [2.24, 2.45) is 0 Å². The van der Waals surface area contributed by atoms with Crippen LogP contribution in [0, 0.1) is 5.82 Å². The molecule has 0 bridgehead atoms. The Kier molecular flexibility index (Phi) is 7.00. The summed E-state index contributed by atoms with van der Waals surface area (Å²) in [6, 6.07) is 1.31. The molecule has 0 radical (unpaired) electrons. The van der Waals surface area contributed by atoms with Crippen molar-refractivity contribution < 1.29 is 35.5 Å². The number of rotatable bonds is 6. The second-order valence-corrected chi connectivity index (χ2v) is 8.05. The van der Waals surface area contributed by atoms with Gasteiger partial charge in [0.05, 0.1) is 10.5 Å². The molecule has 6 nitrogen and oxygen atoms in total. The predicted octanol–water partition coefficient (Wildman–Crippen LogP) is 3.04. The van der Waals surface area contributed by atoms with Gasteiger partial charge in [-0.15, -0.1) is 0 Å². The standard InChI is InChI=1S/C15H20F4N2O4S/c1-14(2,3)25-13(22)20-7-4-8-21-26(23,24)12-6-5-10(16)9-11(12)15(17,18)19/h5-6,9,21H,4,7-8H2,1-3H3,(H,20,22). The first kappa shape index (κ1) is 22.2. The lowest BCUT2D eigenvalue weighted by atomic mass is 10.2. The number of hydrogen-bond acceptors (Lipinski definition) is 4. The Balaban J connectivity index is 2.65. The van der Waals surface area contributed by atoms with Crippen molar-refractivity contribution in [1.82, 2.24) is 10.0 Å². The molecule has 11 heteroatoms. The van der Waals surface area contributed by atoms with Crippen LogP contribution < -0.4 is 10.0 Å². The van der Waals surface area contributed by atoms with Crippen LogP contribution in [0.25, 0.3) is 0 Å². The quantitative estimate of drug-likeness (QED) is 0.568. The smallest absolute Gasteiger partial charge is 0.417 e. The van der Waals surface area contributed by atoms with E-state index in [0.29, 0.717) is 12.1 Å². The Hall–Kier alpha value is -1.88. The van der Waals surface area contributed by atoms with Gasteiger partial charge in [-0.3, -0.25) is 0 Å². The topological polar surface area (TPSA) is 84.5 Å². The Labute approximate surface area is 149 Å². The number of carbonyl (C=O) groups is 1. The zero-order chi connectivity index (χ0) is 20.2. The molecule has 0 aliphatic rings. The average Bonchev–Trinajstić information content (AvgIpc) is 2.43. The highest BCUT2D eigenvalue weighted by atomic mass is 32.2. The lowest BCUT2D eigenvalue weighted by molar-refractivity contribution is -0.140. The maximum atomic E-state index is 13.0. The van der Waals surface area contributed by atoms with Crippen LogP contribution in [0.1, 0.15) is 32.8 Å². The SMILES string of the molecule is CC(C)(C)OC(=O)NCCCNS(=O)(=O)c1ccc(F)cc1C(F)(F)F. The molecular weight excluding hydrogens is 380 g/mol. The normalized spacial score (nSPS) is 12.7. The first-order valence-electron chi connectivity index (χ1n) is 7.56. The summed E-state index contributed by atoms with van der Waals surface area (Å²) in [6.07, 6.45) is -5.61. The zero-order valence-corrected chi connectivity index (χ0v) is 15.2. The maximum Gasteiger partial charge on any atom is 0.417 e. The highest BCUT2D eigenvalue weighted by Crippen LogP contribution is 2.34. The van der Waals surface area contributed by atoms with Crippen LogP contribution in [-0.2, 0) is 20.9 Å². The summed E-state index contributed by atoms with van der Waals surface area (Å²) < 4.78 is 82.8. The van der Waals surface area contributed by atoms with Crippen molar-refractivity contribution in [2.45, 2.75) is 43.9 Å². The lowest BCUT2D eigenvalue weighted by Gasteiger charge is -2.19. The first-order valence-corrected chi connectivity index (χ1v) is 9.04. The van der Waals surface area contributed by atoms with E-state index in [4.69, 9.17) is 4.74 Å². The fourth-order valence-corrected chi connectivity index (χ4v) is 3.12. The van der Waals surface area contributed by atoms with Crippen LogP contribution in [-0.4, -0.2) is 33.2 Å². The molecule has 2 N–H and O–H groups in total.